The lowest BCUT2D eigenvalue weighted by molar-refractivity contribution is -0.124. The van der Waals surface area contributed by atoms with Gasteiger partial charge in [0.05, 0.1) is 18.0 Å². The molecule has 1 aromatic heterocycles. The topological polar surface area (TPSA) is 90.9 Å². The van der Waals surface area contributed by atoms with E-state index < -0.39 is 18.5 Å². The first kappa shape index (κ1) is 20.4. The maximum absolute atomic E-state index is 11.8. The second kappa shape index (κ2) is 10.3. The first-order valence-corrected chi connectivity index (χ1v) is 9.21. The van der Waals surface area contributed by atoms with Crippen LogP contribution in [0.15, 0.2) is 36.4 Å². The quantitative estimate of drug-likeness (QED) is 0.380. The lowest BCUT2D eigenvalue weighted by Gasteiger charge is -2.09. The van der Waals surface area contributed by atoms with Gasteiger partial charge in [0, 0.05) is 0 Å². The van der Waals surface area contributed by atoms with Crippen LogP contribution in [0.25, 0.3) is 0 Å². The van der Waals surface area contributed by atoms with Crippen LogP contribution in [0, 0.1) is 0 Å². The minimum Gasteiger partial charge on any atom is -0.494 e. The van der Waals surface area contributed by atoms with E-state index in [0.29, 0.717) is 17.2 Å². The molecule has 2 rings (SSSR count). The van der Waals surface area contributed by atoms with Gasteiger partial charge in [-0.1, -0.05) is 0 Å². The fourth-order valence-corrected chi connectivity index (χ4v) is 2.84. The van der Waals surface area contributed by atoms with Crippen LogP contribution in [0.3, 0.4) is 0 Å². The van der Waals surface area contributed by atoms with Crippen molar-refractivity contribution in [1.29, 1.82) is 0 Å². The fourth-order valence-electron chi connectivity index (χ4n) is 2.05. The minimum atomic E-state index is -0.631. The van der Waals surface area contributed by atoms with Gasteiger partial charge in [0.25, 0.3) is 5.91 Å². The number of thiophene rings is 1. The van der Waals surface area contributed by atoms with Gasteiger partial charge in [0.15, 0.2) is 12.4 Å². The summed E-state index contributed by atoms with van der Waals surface area (Å²) >= 11 is 1.04. The summed E-state index contributed by atoms with van der Waals surface area (Å²) in [5.74, 6) is 0.249. The Bertz CT molecular complexity index is 784. The maximum Gasteiger partial charge on any atom is 0.348 e. The summed E-state index contributed by atoms with van der Waals surface area (Å²) in [4.78, 5) is 35.5. The molecule has 1 heterocycles. The van der Waals surface area contributed by atoms with Gasteiger partial charge in [-0.2, -0.15) is 0 Å². The van der Waals surface area contributed by atoms with E-state index in [4.69, 9.17) is 14.2 Å². The second-order valence-corrected chi connectivity index (χ2v) is 6.48. The molecule has 0 aliphatic heterocycles. The zero-order valence-corrected chi connectivity index (χ0v) is 16.0. The molecule has 0 saturated carbocycles. The predicted molar refractivity (Wildman–Crippen MR) is 101 cm³/mol. The molecular formula is C19H21NO6S. The van der Waals surface area contributed by atoms with E-state index in [1.807, 2.05) is 6.92 Å². The Labute approximate surface area is 161 Å². The summed E-state index contributed by atoms with van der Waals surface area (Å²) in [6.45, 7) is 4.09. The molecule has 0 radical (unpaired) electrons. The Morgan fingerprint density at radius 1 is 0.963 bits per heavy atom. The second-order valence-electron chi connectivity index (χ2n) is 5.40. The Morgan fingerprint density at radius 3 is 2.19 bits per heavy atom. The van der Waals surface area contributed by atoms with Crippen molar-refractivity contribution < 1.29 is 28.6 Å². The molecule has 7 nitrogen and oxygen atoms in total. The zero-order chi connectivity index (χ0) is 19.6. The molecule has 144 valence electrons. The third-order valence-corrected chi connectivity index (χ3v) is 4.48. The van der Waals surface area contributed by atoms with Gasteiger partial charge in [-0.3, -0.25) is 9.59 Å². The van der Waals surface area contributed by atoms with E-state index >= 15 is 0 Å². The summed E-state index contributed by atoms with van der Waals surface area (Å²) in [5, 5.41) is 2.60. The smallest absolute Gasteiger partial charge is 0.348 e. The van der Waals surface area contributed by atoms with Gasteiger partial charge in [-0.05, 0) is 50.2 Å². The summed E-state index contributed by atoms with van der Waals surface area (Å²) in [6.07, 6.45) is 0. The number of hydrogen-bond acceptors (Lipinski definition) is 7. The molecule has 2 aromatic rings. The van der Waals surface area contributed by atoms with Gasteiger partial charge < -0.3 is 19.5 Å². The van der Waals surface area contributed by atoms with Crippen LogP contribution in [0.5, 0.6) is 11.5 Å². The molecule has 0 aliphatic rings. The van der Waals surface area contributed by atoms with Crippen LogP contribution in [0.2, 0.25) is 0 Å². The number of benzene rings is 1. The summed E-state index contributed by atoms with van der Waals surface area (Å²) in [6, 6.07) is 10.2. The molecule has 1 aromatic carbocycles. The molecule has 0 unspecified atom stereocenters. The van der Waals surface area contributed by atoms with Gasteiger partial charge in [0.1, 0.15) is 23.0 Å². The van der Waals surface area contributed by atoms with Crippen LogP contribution in [0.4, 0.5) is 0 Å². The Kier molecular flexibility index (Phi) is 7.81. The van der Waals surface area contributed by atoms with Crippen LogP contribution in [-0.4, -0.2) is 44.0 Å². The molecule has 27 heavy (non-hydrogen) atoms. The molecule has 0 saturated heterocycles. The van der Waals surface area contributed by atoms with Crippen molar-refractivity contribution in [3.63, 3.8) is 0 Å². The highest BCUT2D eigenvalue weighted by Crippen LogP contribution is 2.18. The van der Waals surface area contributed by atoms with Crippen molar-refractivity contribution in [1.82, 2.24) is 5.32 Å². The highest BCUT2D eigenvalue weighted by atomic mass is 32.1. The molecule has 8 heteroatoms. The van der Waals surface area contributed by atoms with Crippen molar-refractivity contribution in [2.75, 3.05) is 26.4 Å². The number of carbonyl (C=O) groups is 3. The molecular weight excluding hydrogens is 370 g/mol. The highest BCUT2D eigenvalue weighted by Gasteiger charge is 2.14. The van der Waals surface area contributed by atoms with Crippen LogP contribution in [0.1, 0.15) is 33.2 Å². The number of nitrogens with one attached hydrogen (secondary N) is 1. The fraction of sp³-hybridized carbons (Fsp3) is 0.316. The summed E-state index contributed by atoms with van der Waals surface area (Å²) in [5.41, 5.74) is 0. The van der Waals surface area contributed by atoms with E-state index in [1.54, 1.807) is 30.3 Å². The van der Waals surface area contributed by atoms with Crippen molar-refractivity contribution >= 4 is 29.0 Å². The average molecular weight is 391 g/mol. The van der Waals surface area contributed by atoms with Crippen molar-refractivity contribution in [3.8, 4) is 11.5 Å². The Balaban J connectivity index is 1.64. The third-order valence-electron chi connectivity index (χ3n) is 3.32. The van der Waals surface area contributed by atoms with Crippen LogP contribution >= 0.6 is 11.3 Å². The van der Waals surface area contributed by atoms with Crippen molar-refractivity contribution in [2.24, 2.45) is 0 Å². The molecule has 1 N–H and O–H groups in total. The first-order chi connectivity index (χ1) is 13.0. The van der Waals surface area contributed by atoms with E-state index in [0.717, 1.165) is 17.1 Å². The molecule has 0 atom stereocenters. The number of rotatable bonds is 10. The van der Waals surface area contributed by atoms with Gasteiger partial charge in [-0.25, -0.2) is 4.79 Å². The number of Topliss-reactive ketones (excluding diaryl/α,β-unsaturated/α-hetero) is 1. The normalized spacial score (nSPS) is 10.1. The first-order valence-electron chi connectivity index (χ1n) is 8.40. The lowest BCUT2D eigenvalue weighted by Crippen LogP contribution is -2.32. The van der Waals surface area contributed by atoms with Crippen LogP contribution in [-0.2, 0) is 9.53 Å². The van der Waals surface area contributed by atoms with Gasteiger partial charge in [-0.15, -0.1) is 11.3 Å². The number of carbonyl (C=O) groups excluding carboxylic acids is 3. The van der Waals surface area contributed by atoms with Gasteiger partial charge >= 0.3 is 5.97 Å². The zero-order valence-electron chi connectivity index (χ0n) is 15.2. The molecule has 0 spiro atoms. The Morgan fingerprint density at radius 2 is 1.59 bits per heavy atom. The van der Waals surface area contributed by atoms with Gasteiger partial charge in [0.2, 0.25) is 0 Å². The number of ether oxygens (including phenoxy) is 3. The number of hydrogen-bond donors (Lipinski definition) is 1. The molecule has 0 fully saturated rings. The molecule has 0 aliphatic carbocycles. The maximum atomic E-state index is 11.8. The highest BCUT2D eigenvalue weighted by molar-refractivity contribution is 7.15. The Hall–Kier alpha value is -2.87. The van der Waals surface area contributed by atoms with Crippen molar-refractivity contribution in [3.05, 3.63) is 46.2 Å². The standard InChI is InChI=1S/C19H21NO6S/c1-3-24-14-4-6-15(7-5-14)25-11-10-20-18(22)12-26-19(23)17-9-8-16(27-17)13(2)21/h4-9H,3,10-12H2,1-2H3,(H,20,22). The summed E-state index contributed by atoms with van der Waals surface area (Å²) < 4.78 is 15.8. The largest absolute Gasteiger partial charge is 0.494 e. The minimum absolute atomic E-state index is 0.121. The van der Waals surface area contributed by atoms with Crippen LogP contribution < -0.4 is 14.8 Å². The van der Waals surface area contributed by atoms with E-state index in [9.17, 15) is 14.4 Å². The number of amides is 1. The SMILES string of the molecule is CCOc1ccc(OCCNC(=O)COC(=O)c2ccc(C(C)=O)s2)cc1. The third kappa shape index (κ3) is 6.74. The predicted octanol–water partition coefficient (Wildman–Crippen LogP) is 2.70. The summed E-state index contributed by atoms with van der Waals surface area (Å²) in [7, 11) is 0. The lowest BCUT2D eigenvalue weighted by atomic mass is 10.3. The number of esters is 1. The monoisotopic (exact) mass is 391 g/mol. The van der Waals surface area contributed by atoms with E-state index in [2.05, 4.69) is 5.32 Å². The molecule has 1 amide bonds. The number of ketones is 1. The van der Waals surface area contributed by atoms with E-state index in [-0.39, 0.29) is 23.8 Å². The average Bonchev–Trinajstić information content (AvgIpc) is 3.15. The van der Waals surface area contributed by atoms with E-state index in [1.165, 1.54) is 13.0 Å². The van der Waals surface area contributed by atoms with Crippen molar-refractivity contribution in [2.45, 2.75) is 13.8 Å². The molecule has 0 bridgehead atoms.